The fourth-order valence-corrected chi connectivity index (χ4v) is 3.19. The van der Waals surface area contributed by atoms with E-state index in [0.717, 1.165) is 33.8 Å². The molecule has 6 heteroatoms. The molecule has 2 rings (SSSR count). The van der Waals surface area contributed by atoms with E-state index in [1.165, 1.54) is 0 Å². The van der Waals surface area contributed by atoms with Gasteiger partial charge in [0.25, 0.3) is 0 Å². The third-order valence-corrected chi connectivity index (χ3v) is 4.68. The maximum Gasteiger partial charge on any atom is 0.410 e. The molecule has 0 atom stereocenters. The van der Waals surface area contributed by atoms with Crippen molar-refractivity contribution in [3.8, 4) is 0 Å². The van der Waals surface area contributed by atoms with Crippen LogP contribution in [-0.2, 0) is 4.74 Å². The lowest BCUT2D eigenvalue weighted by molar-refractivity contribution is 0.0240. The zero-order valence-corrected chi connectivity index (χ0v) is 15.8. The van der Waals surface area contributed by atoms with Gasteiger partial charge >= 0.3 is 6.09 Å². The molecular weight excluding hydrogens is 368 g/mol. The van der Waals surface area contributed by atoms with Crippen LogP contribution in [0, 0.1) is 6.92 Å². The summed E-state index contributed by atoms with van der Waals surface area (Å²) >= 11 is 9.88. The minimum absolute atomic E-state index is 0.247. The van der Waals surface area contributed by atoms with Crippen molar-refractivity contribution >= 4 is 39.3 Å². The van der Waals surface area contributed by atoms with Crippen molar-refractivity contribution in [2.45, 2.75) is 33.3 Å². The average Bonchev–Trinajstić information content (AvgIpc) is 2.41. The Morgan fingerprint density at radius 3 is 2.36 bits per heavy atom. The highest BCUT2D eigenvalue weighted by atomic mass is 79.9. The predicted octanol–water partition coefficient (Wildman–Crippen LogP) is 4.47. The predicted molar refractivity (Wildman–Crippen MR) is 93.9 cm³/mol. The van der Waals surface area contributed by atoms with Gasteiger partial charge in [0.2, 0.25) is 0 Å². The molecule has 1 aliphatic heterocycles. The highest BCUT2D eigenvalue weighted by Gasteiger charge is 2.26. The van der Waals surface area contributed by atoms with Crippen LogP contribution in [-0.4, -0.2) is 42.8 Å². The third-order valence-electron chi connectivity index (χ3n) is 3.43. The van der Waals surface area contributed by atoms with Crippen molar-refractivity contribution in [2.75, 3.05) is 31.1 Å². The summed E-state index contributed by atoms with van der Waals surface area (Å²) in [5.74, 6) is 0. The summed E-state index contributed by atoms with van der Waals surface area (Å²) in [7, 11) is 0. The first-order valence-electron chi connectivity index (χ1n) is 7.36. The van der Waals surface area contributed by atoms with E-state index in [0.29, 0.717) is 13.1 Å². The van der Waals surface area contributed by atoms with Crippen LogP contribution in [0.5, 0.6) is 0 Å². The zero-order valence-electron chi connectivity index (χ0n) is 13.4. The Labute approximate surface area is 145 Å². The second-order valence-corrected chi connectivity index (χ2v) is 7.77. The Bertz CT molecular complexity index is 564. The van der Waals surface area contributed by atoms with Gasteiger partial charge in [-0.05, 0) is 61.3 Å². The van der Waals surface area contributed by atoms with Gasteiger partial charge in [0.1, 0.15) is 5.60 Å². The zero-order chi connectivity index (χ0) is 16.5. The molecule has 1 heterocycles. The molecule has 0 aliphatic carbocycles. The summed E-state index contributed by atoms with van der Waals surface area (Å²) in [5, 5.41) is 0.719. The van der Waals surface area contributed by atoms with Gasteiger partial charge in [0.15, 0.2) is 0 Å². The number of anilines is 1. The normalized spacial score (nSPS) is 15.9. The van der Waals surface area contributed by atoms with E-state index in [-0.39, 0.29) is 6.09 Å². The molecule has 22 heavy (non-hydrogen) atoms. The fraction of sp³-hybridized carbons (Fsp3) is 0.562. The Kier molecular flexibility index (Phi) is 5.28. The number of halogens is 2. The van der Waals surface area contributed by atoms with Gasteiger partial charge < -0.3 is 14.5 Å². The summed E-state index contributed by atoms with van der Waals surface area (Å²) in [6, 6.07) is 4.08. The molecule has 1 aromatic rings. The number of carbonyl (C=O) groups excluding carboxylic acids is 1. The van der Waals surface area contributed by atoms with Crippen LogP contribution in [0.15, 0.2) is 16.6 Å². The Hall–Kier alpha value is -0.940. The Morgan fingerprint density at radius 1 is 1.23 bits per heavy atom. The number of benzene rings is 1. The van der Waals surface area contributed by atoms with Crippen LogP contribution in [0.3, 0.4) is 0 Å². The highest BCUT2D eigenvalue weighted by molar-refractivity contribution is 9.10. The molecule has 1 fully saturated rings. The fourth-order valence-electron chi connectivity index (χ4n) is 2.39. The molecule has 0 spiro atoms. The number of ether oxygens (including phenoxy) is 1. The number of piperazine rings is 1. The van der Waals surface area contributed by atoms with Crippen LogP contribution < -0.4 is 4.90 Å². The van der Waals surface area contributed by atoms with Gasteiger partial charge in [-0.1, -0.05) is 11.6 Å². The maximum absolute atomic E-state index is 12.1. The topological polar surface area (TPSA) is 32.8 Å². The van der Waals surface area contributed by atoms with Gasteiger partial charge in [0, 0.05) is 30.7 Å². The van der Waals surface area contributed by atoms with Gasteiger partial charge in [-0.25, -0.2) is 4.79 Å². The smallest absolute Gasteiger partial charge is 0.410 e. The van der Waals surface area contributed by atoms with Gasteiger partial charge in [-0.3, -0.25) is 0 Å². The lowest BCUT2D eigenvalue weighted by Gasteiger charge is -2.37. The number of rotatable bonds is 1. The molecule has 4 nitrogen and oxygen atoms in total. The van der Waals surface area contributed by atoms with E-state index >= 15 is 0 Å². The molecule has 0 radical (unpaired) electrons. The van der Waals surface area contributed by atoms with Gasteiger partial charge in [0.05, 0.1) is 10.7 Å². The second kappa shape index (κ2) is 6.67. The molecular formula is C16H22BrClN2O2. The number of hydrogen-bond donors (Lipinski definition) is 0. The molecule has 0 aromatic heterocycles. The number of carbonyl (C=O) groups is 1. The minimum Gasteiger partial charge on any atom is -0.444 e. The third kappa shape index (κ3) is 4.29. The summed E-state index contributed by atoms with van der Waals surface area (Å²) in [4.78, 5) is 16.0. The SMILES string of the molecule is Cc1cc(Br)c(Cl)c(N2CCN(C(=O)OC(C)(C)C)CC2)c1. The molecule has 1 aliphatic rings. The molecule has 0 saturated carbocycles. The molecule has 0 bridgehead atoms. The van der Waals surface area contributed by atoms with Crippen molar-refractivity contribution in [3.05, 3.63) is 27.2 Å². The van der Waals surface area contributed by atoms with Crippen molar-refractivity contribution in [1.29, 1.82) is 0 Å². The first-order chi connectivity index (χ1) is 10.2. The van der Waals surface area contributed by atoms with E-state index in [1.807, 2.05) is 33.8 Å². The monoisotopic (exact) mass is 388 g/mol. The van der Waals surface area contributed by atoms with Crippen molar-refractivity contribution in [3.63, 3.8) is 0 Å². The number of amides is 1. The summed E-state index contributed by atoms with van der Waals surface area (Å²) in [5.41, 5.74) is 1.71. The van der Waals surface area contributed by atoms with Crippen LogP contribution in [0.25, 0.3) is 0 Å². The van der Waals surface area contributed by atoms with Crippen LogP contribution in [0.1, 0.15) is 26.3 Å². The minimum atomic E-state index is -0.459. The maximum atomic E-state index is 12.1. The van der Waals surface area contributed by atoms with E-state index in [9.17, 15) is 4.79 Å². The van der Waals surface area contributed by atoms with E-state index in [4.69, 9.17) is 16.3 Å². The van der Waals surface area contributed by atoms with Gasteiger partial charge in [-0.15, -0.1) is 0 Å². The molecule has 122 valence electrons. The van der Waals surface area contributed by atoms with E-state index in [2.05, 4.69) is 26.9 Å². The quantitative estimate of drug-likeness (QED) is 0.710. The van der Waals surface area contributed by atoms with E-state index < -0.39 is 5.60 Å². The summed E-state index contributed by atoms with van der Waals surface area (Å²) in [6.07, 6.45) is -0.247. The Morgan fingerprint density at radius 2 is 1.82 bits per heavy atom. The number of hydrogen-bond acceptors (Lipinski definition) is 3. The van der Waals surface area contributed by atoms with Gasteiger partial charge in [-0.2, -0.15) is 0 Å². The average molecular weight is 390 g/mol. The number of aryl methyl sites for hydroxylation is 1. The standard InChI is InChI=1S/C16H22BrClN2O2/c1-11-9-12(17)14(18)13(10-11)19-5-7-20(8-6-19)15(21)22-16(2,3)4/h9-10H,5-8H2,1-4H3. The van der Waals surface area contributed by atoms with E-state index in [1.54, 1.807) is 4.90 Å². The Balaban J connectivity index is 2.02. The van der Waals surface area contributed by atoms with Crippen molar-refractivity contribution < 1.29 is 9.53 Å². The van der Waals surface area contributed by atoms with Crippen LogP contribution in [0.2, 0.25) is 5.02 Å². The summed E-state index contributed by atoms with van der Waals surface area (Å²) < 4.78 is 6.32. The molecule has 0 N–H and O–H groups in total. The molecule has 1 saturated heterocycles. The first kappa shape index (κ1) is 17.4. The molecule has 0 unspecified atom stereocenters. The van der Waals surface area contributed by atoms with Crippen molar-refractivity contribution in [1.82, 2.24) is 4.90 Å². The van der Waals surface area contributed by atoms with Crippen LogP contribution >= 0.6 is 27.5 Å². The second-order valence-electron chi connectivity index (χ2n) is 6.53. The largest absolute Gasteiger partial charge is 0.444 e. The molecule has 1 aromatic carbocycles. The van der Waals surface area contributed by atoms with Crippen molar-refractivity contribution in [2.24, 2.45) is 0 Å². The lowest BCUT2D eigenvalue weighted by atomic mass is 10.2. The lowest BCUT2D eigenvalue weighted by Crippen LogP contribution is -2.50. The van der Waals surface area contributed by atoms with Crippen LogP contribution in [0.4, 0.5) is 10.5 Å². The highest BCUT2D eigenvalue weighted by Crippen LogP contribution is 2.34. The number of nitrogens with zero attached hydrogens (tertiary/aromatic N) is 2. The molecule has 1 amide bonds. The first-order valence-corrected chi connectivity index (χ1v) is 8.53. The summed E-state index contributed by atoms with van der Waals surface area (Å²) in [6.45, 7) is 10.4.